The lowest BCUT2D eigenvalue weighted by Gasteiger charge is -2.15. The van der Waals surface area contributed by atoms with Gasteiger partial charge in [-0.2, -0.15) is 0 Å². The largest absolute Gasteiger partial charge is 0.312 e. The molecule has 1 N–H and O–H groups in total. The molecule has 0 aliphatic rings. The number of rotatable bonds is 6. The summed E-state index contributed by atoms with van der Waals surface area (Å²) in [6.07, 6.45) is 4.67. The zero-order chi connectivity index (χ0) is 20.1. The Balaban J connectivity index is 1.69. The number of nitrogens with zero attached hydrogens (tertiary/aromatic N) is 5. The average Bonchev–Trinajstić information content (AvgIpc) is 3.07. The fraction of sp³-hybridized carbons (Fsp3) is 0.150. The van der Waals surface area contributed by atoms with Gasteiger partial charge in [0.1, 0.15) is 0 Å². The third-order valence-corrected chi connectivity index (χ3v) is 4.32. The van der Waals surface area contributed by atoms with Crippen LogP contribution in [0.4, 0.5) is 11.5 Å². The molecule has 0 radical (unpaired) electrons. The van der Waals surface area contributed by atoms with Crippen molar-refractivity contribution in [1.82, 2.24) is 20.0 Å². The monoisotopic (exact) mass is 376 g/mol. The van der Waals surface area contributed by atoms with Crippen molar-refractivity contribution in [3.63, 3.8) is 0 Å². The van der Waals surface area contributed by atoms with Crippen LogP contribution in [0.25, 0.3) is 0 Å². The van der Waals surface area contributed by atoms with Gasteiger partial charge in [0.2, 0.25) is 5.91 Å². The standard InChI is InChI=1S/C20H20N6O2/c1-4-18(27)25(3)17-7-5-16(6-8-17)20(28)22-19-14(2)26(24-23-19)13-15-9-11-21-12-10-15/h4-12H,1,13H2,2-3H3,(H,22,28). The van der Waals surface area contributed by atoms with E-state index < -0.39 is 0 Å². The van der Waals surface area contributed by atoms with Crippen LogP contribution in [0.5, 0.6) is 0 Å². The van der Waals surface area contributed by atoms with E-state index in [0.717, 1.165) is 11.3 Å². The number of anilines is 2. The number of pyridine rings is 1. The summed E-state index contributed by atoms with van der Waals surface area (Å²) in [6, 6.07) is 10.5. The van der Waals surface area contributed by atoms with Crippen LogP contribution in [-0.2, 0) is 11.3 Å². The predicted molar refractivity (Wildman–Crippen MR) is 106 cm³/mol. The van der Waals surface area contributed by atoms with Gasteiger partial charge in [0.15, 0.2) is 5.82 Å². The number of likely N-dealkylation sites (N-methyl/N-ethyl adjacent to an activating group) is 1. The SMILES string of the molecule is C=CC(=O)N(C)c1ccc(C(=O)Nc2nnn(Cc3ccncc3)c2C)cc1. The Hall–Kier alpha value is -3.81. The highest BCUT2D eigenvalue weighted by Crippen LogP contribution is 2.17. The molecule has 0 unspecified atom stereocenters. The first-order chi connectivity index (χ1) is 13.5. The second-order valence-corrected chi connectivity index (χ2v) is 6.14. The maximum atomic E-state index is 12.5. The molecule has 0 saturated carbocycles. The molecule has 3 aromatic rings. The van der Waals surface area contributed by atoms with Gasteiger partial charge in [-0.1, -0.05) is 11.8 Å². The Morgan fingerprint density at radius 2 is 1.86 bits per heavy atom. The first-order valence-electron chi connectivity index (χ1n) is 8.60. The molecule has 0 aliphatic heterocycles. The molecule has 0 atom stereocenters. The van der Waals surface area contributed by atoms with Gasteiger partial charge < -0.3 is 10.2 Å². The number of hydrogen-bond donors (Lipinski definition) is 1. The molecule has 2 amide bonds. The van der Waals surface area contributed by atoms with Crippen molar-refractivity contribution in [2.75, 3.05) is 17.3 Å². The predicted octanol–water partition coefficient (Wildman–Crippen LogP) is 2.43. The van der Waals surface area contributed by atoms with Gasteiger partial charge in [0.25, 0.3) is 5.91 Å². The minimum atomic E-state index is -0.302. The number of hydrogen-bond acceptors (Lipinski definition) is 5. The van der Waals surface area contributed by atoms with Crippen molar-refractivity contribution in [2.45, 2.75) is 13.5 Å². The maximum absolute atomic E-state index is 12.5. The third kappa shape index (κ3) is 4.12. The van der Waals surface area contributed by atoms with Crippen LogP contribution < -0.4 is 10.2 Å². The van der Waals surface area contributed by atoms with E-state index in [-0.39, 0.29) is 11.8 Å². The minimum Gasteiger partial charge on any atom is -0.312 e. The molecule has 1 aromatic carbocycles. The van der Waals surface area contributed by atoms with Gasteiger partial charge in [-0.15, -0.1) is 5.10 Å². The van der Waals surface area contributed by atoms with E-state index in [0.29, 0.717) is 23.6 Å². The fourth-order valence-electron chi connectivity index (χ4n) is 2.57. The number of carbonyl (C=O) groups is 2. The molecule has 0 fully saturated rings. The summed E-state index contributed by atoms with van der Waals surface area (Å²) in [5, 5.41) is 10.9. The number of carbonyl (C=O) groups excluding carboxylic acids is 2. The molecule has 2 aromatic heterocycles. The van der Waals surface area contributed by atoms with Crippen molar-refractivity contribution in [1.29, 1.82) is 0 Å². The van der Waals surface area contributed by atoms with Crippen molar-refractivity contribution in [2.24, 2.45) is 0 Å². The van der Waals surface area contributed by atoms with E-state index in [2.05, 4.69) is 27.2 Å². The summed E-state index contributed by atoms with van der Waals surface area (Å²) < 4.78 is 1.71. The van der Waals surface area contributed by atoms with E-state index in [1.165, 1.54) is 11.0 Å². The molecule has 3 rings (SSSR count). The number of amides is 2. The molecule has 0 saturated heterocycles. The molecular weight excluding hydrogens is 356 g/mol. The molecule has 28 heavy (non-hydrogen) atoms. The van der Waals surface area contributed by atoms with Crippen molar-refractivity contribution in [3.8, 4) is 0 Å². The number of aromatic nitrogens is 4. The van der Waals surface area contributed by atoms with E-state index in [4.69, 9.17) is 0 Å². The average molecular weight is 376 g/mol. The van der Waals surface area contributed by atoms with Crippen LogP contribution in [0.3, 0.4) is 0 Å². The number of nitrogens with one attached hydrogen (secondary N) is 1. The Morgan fingerprint density at radius 1 is 1.18 bits per heavy atom. The van der Waals surface area contributed by atoms with Gasteiger partial charge >= 0.3 is 0 Å². The van der Waals surface area contributed by atoms with Crippen LogP contribution >= 0.6 is 0 Å². The normalized spacial score (nSPS) is 10.4. The summed E-state index contributed by atoms with van der Waals surface area (Å²) >= 11 is 0. The Morgan fingerprint density at radius 3 is 2.50 bits per heavy atom. The highest BCUT2D eigenvalue weighted by Gasteiger charge is 2.14. The first-order valence-corrected chi connectivity index (χ1v) is 8.60. The molecule has 8 nitrogen and oxygen atoms in total. The Labute approximate surface area is 162 Å². The fourth-order valence-corrected chi connectivity index (χ4v) is 2.57. The quantitative estimate of drug-likeness (QED) is 0.667. The minimum absolute atomic E-state index is 0.223. The molecular formula is C20H20N6O2. The topological polar surface area (TPSA) is 93.0 Å². The van der Waals surface area contributed by atoms with Gasteiger partial charge in [0.05, 0.1) is 12.2 Å². The molecule has 8 heteroatoms. The van der Waals surface area contributed by atoms with Crippen molar-refractivity contribution in [3.05, 3.63) is 78.3 Å². The van der Waals surface area contributed by atoms with Crippen LogP contribution in [0.15, 0.2) is 61.4 Å². The highest BCUT2D eigenvalue weighted by atomic mass is 16.2. The van der Waals surface area contributed by atoms with Gasteiger partial charge in [-0.05, 0) is 55.0 Å². The molecule has 0 bridgehead atoms. The lowest BCUT2D eigenvalue weighted by molar-refractivity contribution is -0.113. The summed E-state index contributed by atoms with van der Waals surface area (Å²) in [6.45, 7) is 5.84. The van der Waals surface area contributed by atoms with Crippen LogP contribution in [0, 0.1) is 6.92 Å². The molecule has 0 aliphatic carbocycles. The van der Waals surface area contributed by atoms with Crippen molar-refractivity contribution < 1.29 is 9.59 Å². The lowest BCUT2D eigenvalue weighted by Crippen LogP contribution is -2.23. The summed E-state index contributed by atoms with van der Waals surface area (Å²) in [4.78, 5) is 29.6. The zero-order valence-corrected chi connectivity index (χ0v) is 15.7. The highest BCUT2D eigenvalue weighted by molar-refractivity contribution is 6.05. The van der Waals surface area contributed by atoms with Crippen molar-refractivity contribution >= 4 is 23.3 Å². The second kappa shape index (κ2) is 8.26. The zero-order valence-electron chi connectivity index (χ0n) is 15.7. The summed E-state index contributed by atoms with van der Waals surface area (Å²) in [5.74, 6) is -0.121. The van der Waals surface area contributed by atoms with Crippen LogP contribution in [0.1, 0.15) is 21.6 Å². The first kappa shape index (κ1) is 19.0. The number of benzene rings is 1. The lowest BCUT2D eigenvalue weighted by atomic mass is 10.2. The Kier molecular flexibility index (Phi) is 5.59. The second-order valence-electron chi connectivity index (χ2n) is 6.14. The third-order valence-electron chi connectivity index (χ3n) is 4.32. The van der Waals surface area contributed by atoms with E-state index >= 15 is 0 Å². The van der Waals surface area contributed by atoms with Crippen LogP contribution in [-0.4, -0.2) is 38.8 Å². The van der Waals surface area contributed by atoms with E-state index in [1.807, 2.05) is 19.1 Å². The van der Waals surface area contributed by atoms with Gasteiger partial charge in [0, 0.05) is 30.7 Å². The van der Waals surface area contributed by atoms with Gasteiger partial charge in [-0.25, -0.2) is 4.68 Å². The van der Waals surface area contributed by atoms with E-state index in [9.17, 15) is 9.59 Å². The van der Waals surface area contributed by atoms with Crippen LogP contribution in [0.2, 0.25) is 0 Å². The Bertz CT molecular complexity index is 995. The maximum Gasteiger partial charge on any atom is 0.256 e. The molecule has 0 spiro atoms. The summed E-state index contributed by atoms with van der Waals surface area (Å²) in [7, 11) is 1.64. The molecule has 142 valence electrons. The summed E-state index contributed by atoms with van der Waals surface area (Å²) in [5.41, 5.74) is 2.90. The molecule has 2 heterocycles. The van der Waals surface area contributed by atoms with Gasteiger partial charge in [-0.3, -0.25) is 14.6 Å². The smallest absolute Gasteiger partial charge is 0.256 e. The van der Waals surface area contributed by atoms with E-state index in [1.54, 1.807) is 48.4 Å².